The number of carbonyl (C=O) groups excluding carboxylic acids is 1. The number of carbonyl (C=O) groups is 1. The first-order chi connectivity index (χ1) is 12.6. The number of nitrogens with zero attached hydrogens (tertiary/aromatic N) is 1. The van der Waals surface area contributed by atoms with Gasteiger partial charge in [-0.2, -0.15) is 0 Å². The first kappa shape index (κ1) is 16.6. The predicted molar refractivity (Wildman–Crippen MR) is 97.3 cm³/mol. The minimum Gasteiger partial charge on any atom is -0.459 e. The van der Waals surface area contributed by atoms with E-state index in [1.807, 2.05) is 38.1 Å². The van der Waals surface area contributed by atoms with Crippen LogP contribution in [0.2, 0.25) is 0 Å². The van der Waals surface area contributed by atoms with Gasteiger partial charge in [-0.05, 0) is 43.7 Å². The van der Waals surface area contributed by atoms with Gasteiger partial charge < -0.3 is 14.2 Å². The highest BCUT2D eigenvalue weighted by Crippen LogP contribution is 2.35. The lowest BCUT2D eigenvalue weighted by Gasteiger charge is -2.13. The fourth-order valence-corrected chi connectivity index (χ4v) is 3.25. The zero-order valence-electron chi connectivity index (χ0n) is 15.0. The summed E-state index contributed by atoms with van der Waals surface area (Å²) in [5, 5.41) is 0. The number of esters is 1. The van der Waals surface area contributed by atoms with Gasteiger partial charge in [-0.25, -0.2) is 9.37 Å². The molecule has 2 aliphatic heterocycles. The van der Waals surface area contributed by atoms with Crippen molar-refractivity contribution in [3.8, 4) is 11.5 Å². The van der Waals surface area contributed by atoms with E-state index in [4.69, 9.17) is 14.2 Å². The molecule has 5 heteroatoms. The van der Waals surface area contributed by atoms with Gasteiger partial charge >= 0.3 is 5.97 Å². The summed E-state index contributed by atoms with van der Waals surface area (Å²) in [6, 6.07) is 11.8. The van der Waals surface area contributed by atoms with Crippen LogP contribution in [0.25, 0.3) is 0 Å². The van der Waals surface area contributed by atoms with Crippen molar-refractivity contribution in [3.05, 3.63) is 58.7 Å². The second-order valence-corrected chi connectivity index (χ2v) is 6.90. The molecule has 0 spiro atoms. The normalized spacial score (nSPS) is 14.8. The second kappa shape index (κ2) is 6.83. The van der Waals surface area contributed by atoms with Crippen LogP contribution in [0.1, 0.15) is 40.9 Å². The molecular weight excluding hydrogens is 330 g/mol. The Hall–Kier alpha value is -2.82. The Morgan fingerprint density at radius 3 is 2.62 bits per heavy atom. The third-order valence-corrected chi connectivity index (χ3v) is 4.54. The summed E-state index contributed by atoms with van der Waals surface area (Å²) in [4.78, 5) is 11.9. The average molecular weight is 352 g/mol. The molecule has 134 valence electrons. The van der Waals surface area contributed by atoms with Gasteiger partial charge in [0.15, 0.2) is 24.3 Å². The zero-order chi connectivity index (χ0) is 18.1. The number of hydrogen-bond acceptors (Lipinski definition) is 4. The van der Waals surface area contributed by atoms with Crippen molar-refractivity contribution in [3.63, 3.8) is 0 Å². The summed E-state index contributed by atoms with van der Waals surface area (Å²) in [6.45, 7) is 5.75. The van der Waals surface area contributed by atoms with Crippen molar-refractivity contribution in [1.82, 2.24) is 0 Å². The first-order valence-electron chi connectivity index (χ1n) is 8.90. The smallest absolute Gasteiger partial charge is 0.338 e. The molecule has 5 nitrogen and oxygen atoms in total. The Labute approximate surface area is 152 Å². The van der Waals surface area contributed by atoms with Gasteiger partial charge in [0.2, 0.25) is 6.79 Å². The maximum absolute atomic E-state index is 11.9. The van der Waals surface area contributed by atoms with Crippen LogP contribution in [-0.2, 0) is 17.7 Å². The van der Waals surface area contributed by atoms with E-state index >= 15 is 0 Å². The van der Waals surface area contributed by atoms with E-state index in [-0.39, 0.29) is 12.1 Å². The highest BCUT2D eigenvalue weighted by atomic mass is 16.7. The highest BCUT2D eigenvalue weighted by molar-refractivity contribution is 5.89. The molecule has 4 rings (SSSR count). The SMILES string of the molecule is CC(C)OC(=O)c1ccc(C[N+]2=Cc3cc4c(cc3CC2)OCO4)cc1. The zero-order valence-corrected chi connectivity index (χ0v) is 15.0. The average Bonchev–Trinajstić information content (AvgIpc) is 3.07. The molecule has 0 N–H and O–H groups in total. The van der Waals surface area contributed by atoms with Gasteiger partial charge in [0, 0.05) is 17.5 Å². The first-order valence-corrected chi connectivity index (χ1v) is 8.90. The van der Waals surface area contributed by atoms with Crippen LogP contribution < -0.4 is 9.47 Å². The predicted octanol–water partition coefficient (Wildman–Crippen LogP) is 3.17. The lowest BCUT2D eigenvalue weighted by molar-refractivity contribution is -0.540. The van der Waals surface area contributed by atoms with Crippen LogP contribution in [-0.4, -0.2) is 36.2 Å². The molecule has 2 aliphatic rings. The van der Waals surface area contributed by atoms with E-state index in [1.54, 1.807) is 0 Å². The molecule has 0 bridgehead atoms. The van der Waals surface area contributed by atoms with Crippen LogP contribution >= 0.6 is 0 Å². The Kier molecular flexibility index (Phi) is 4.37. The van der Waals surface area contributed by atoms with E-state index < -0.39 is 0 Å². The van der Waals surface area contributed by atoms with E-state index in [1.165, 1.54) is 11.1 Å². The maximum Gasteiger partial charge on any atom is 0.338 e. The van der Waals surface area contributed by atoms with Crippen molar-refractivity contribution >= 4 is 12.2 Å². The number of benzene rings is 2. The molecule has 0 saturated carbocycles. The van der Waals surface area contributed by atoms with Crippen LogP contribution in [0.15, 0.2) is 36.4 Å². The highest BCUT2D eigenvalue weighted by Gasteiger charge is 2.22. The third-order valence-electron chi connectivity index (χ3n) is 4.54. The van der Waals surface area contributed by atoms with Gasteiger partial charge in [0.05, 0.1) is 11.7 Å². The van der Waals surface area contributed by atoms with Crippen molar-refractivity contribution in [2.45, 2.75) is 32.9 Å². The summed E-state index contributed by atoms with van der Waals surface area (Å²) in [5.41, 5.74) is 4.21. The molecule has 0 radical (unpaired) electrons. The van der Waals surface area contributed by atoms with Gasteiger partial charge in [-0.3, -0.25) is 0 Å². The van der Waals surface area contributed by atoms with Crippen molar-refractivity contribution in [2.75, 3.05) is 13.3 Å². The number of hydrogen-bond donors (Lipinski definition) is 0. The molecular formula is C21H22NO4+. The molecule has 2 aromatic carbocycles. The van der Waals surface area contributed by atoms with E-state index in [9.17, 15) is 4.79 Å². The summed E-state index contributed by atoms with van der Waals surface area (Å²) in [5.74, 6) is 1.38. The summed E-state index contributed by atoms with van der Waals surface area (Å²) < 4.78 is 18.4. The molecule has 26 heavy (non-hydrogen) atoms. The molecule has 0 atom stereocenters. The molecule has 0 unspecified atom stereocenters. The van der Waals surface area contributed by atoms with Crippen LogP contribution in [0, 0.1) is 0 Å². The standard InChI is InChI=1S/C21H22NO4/c1-14(2)26-21(23)16-5-3-15(4-6-16)11-22-8-7-17-9-19-20(25-13-24-19)10-18(17)12-22/h3-6,9-10,12,14H,7-8,11,13H2,1-2H3/q+1. The van der Waals surface area contributed by atoms with Gasteiger partial charge in [0.1, 0.15) is 6.54 Å². The Morgan fingerprint density at radius 2 is 1.88 bits per heavy atom. The number of fused-ring (bicyclic) bond motifs is 2. The van der Waals surface area contributed by atoms with Gasteiger partial charge in [-0.15, -0.1) is 0 Å². The van der Waals surface area contributed by atoms with Gasteiger partial charge in [-0.1, -0.05) is 12.1 Å². The summed E-state index contributed by atoms with van der Waals surface area (Å²) in [6.07, 6.45) is 3.03. The molecule has 0 aromatic heterocycles. The molecule has 2 aromatic rings. The van der Waals surface area contributed by atoms with Crippen LogP contribution in [0.3, 0.4) is 0 Å². The lowest BCUT2D eigenvalue weighted by atomic mass is 10.0. The quantitative estimate of drug-likeness (QED) is 0.626. The Bertz CT molecular complexity index is 868. The van der Waals surface area contributed by atoms with E-state index in [0.29, 0.717) is 12.4 Å². The Balaban J connectivity index is 1.48. The van der Waals surface area contributed by atoms with Crippen molar-refractivity contribution < 1.29 is 23.6 Å². The van der Waals surface area contributed by atoms with Crippen molar-refractivity contribution in [1.29, 1.82) is 0 Å². The lowest BCUT2D eigenvalue weighted by Crippen LogP contribution is -2.22. The molecule has 0 aliphatic carbocycles. The number of ether oxygens (including phenoxy) is 3. The monoisotopic (exact) mass is 352 g/mol. The van der Waals surface area contributed by atoms with Crippen molar-refractivity contribution in [2.24, 2.45) is 0 Å². The molecule has 0 amide bonds. The van der Waals surface area contributed by atoms with Gasteiger partial charge in [0.25, 0.3) is 0 Å². The largest absolute Gasteiger partial charge is 0.459 e. The van der Waals surface area contributed by atoms with E-state index in [2.05, 4.69) is 22.9 Å². The van der Waals surface area contributed by atoms with Crippen LogP contribution in [0.4, 0.5) is 0 Å². The molecule has 2 heterocycles. The fraction of sp³-hybridized carbons (Fsp3) is 0.333. The fourth-order valence-electron chi connectivity index (χ4n) is 3.25. The topological polar surface area (TPSA) is 47.8 Å². The number of rotatable bonds is 4. The minimum atomic E-state index is -0.277. The third kappa shape index (κ3) is 3.43. The summed E-state index contributed by atoms with van der Waals surface area (Å²) in [7, 11) is 0. The maximum atomic E-state index is 11.9. The summed E-state index contributed by atoms with van der Waals surface area (Å²) >= 11 is 0. The van der Waals surface area contributed by atoms with E-state index in [0.717, 1.165) is 36.6 Å². The molecule has 0 fully saturated rings. The Morgan fingerprint density at radius 1 is 1.15 bits per heavy atom. The van der Waals surface area contributed by atoms with Crippen LogP contribution in [0.5, 0.6) is 11.5 Å². The minimum absolute atomic E-state index is 0.110. The second-order valence-electron chi connectivity index (χ2n) is 6.90. The molecule has 0 saturated heterocycles.